The molecule has 3 nitrogen and oxygen atoms in total. The Morgan fingerprint density at radius 3 is 3.00 bits per heavy atom. The zero-order chi connectivity index (χ0) is 6.85. The van der Waals surface area contributed by atoms with E-state index in [9.17, 15) is 4.39 Å². The zero-order valence-corrected chi connectivity index (χ0v) is 5.17. The van der Waals surface area contributed by atoms with Crippen LogP contribution >= 0.6 is 0 Å². The van der Waals surface area contributed by atoms with Crippen molar-refractivity contribution in [2.24, 2.45) is 10.7 Å². The van der Waals surface area contributed by atoms with Crippen molar-refractivity contribution in [1.82, 2.24) is 0 Å². The second-order valence-electron chi connectivity index (χ2n) is 2.03. The Hall–Kier alpha value is -0.800. The van der Waals surface area contributed by atoms with Gasteiger partial charge in [-0.1, -0.05) is 0 Å². The van der Waals surface area contributed by atoms with Crippen LogP contribution in [0.1, 0.15) is 6.92 Å². The van der Waals surface area contributed by atoms with Crippen LogP contribution in [-0.2, 0) is 4.74 Å². The monoisotopic (exact) mass is 132 g/mol. The quantitative estimate of drug-likeness (QED) is 0.506. The summed E-state index contributed by atoms with van der Waals surface area (Å²) in [6, 6.07) is -0.254. The highest BCUT2D eigenvalue weighted by molar-refractivity contribution is 5.72. The van der Waals surface area contributed by atoms with E-state index in [4.69, 9.17) is 5.73 Å². The number of amidine groups is 1. The molecule has 1 rings (SSSR count). The number of hydrogen-bond acceptors (Lipinski definition) is 3. The molecule has 0 amide bonds. The molecule has 1 heterocycles. The molecule has 0 radical (unpaired) electrons. The van der Waals surface area contributed by atoms with E-state index in [1.54, 1.807) is 6.92 Å². The van der Waals surface area contributed by atoms with Gasteiger partial charge in [0.15, 0.2) is 6.17 Å². The Bertz CT molecular complexity index is 137. The SMILES string of the molecule is C[C@H]1N=C(N)OC[C@H]1F. The van der Waals surface area contributed by atoms with Gasteiger partial charge in [-0.3, -0.25) is 0 Å². The van der Waals surface area contributed by atoms with Crippen molar-refractivity contribution < 1.29 is 9.13 Å². The molecule has 0 spiro atoms. The van der Waals surface area contributed by atoms with Crippen LogP contribution in [0.25, 0.3) is 0 Å². The number of aliphatic imine (C=N–C) groups is 1. The average molecular weight is 132 g/mol. The predicted molar refractivity (Wildman–Crippen MR) is 31.9 cm³/mol. The number of nitrogens with two attached hydrogens (primary N) is 1. The van der Waals surface area contributed by atoms with Gasteiger partial charge in [0.1, 0.15) is 6.61 Å². The number of ether oxygens (including phenoxy) is 1. The van der Waals surface area contributed by atoms with Crippen molar-refractivity contribution in [3.05, 3.63) is 0 Å². The van der Waals surface area contributed by atoms with Crippen LogP contribution in [0, 0.1) is 0 Å². The van der Waals surface area contributed by atoms with E-state index in [0.29, 0.717) is 0 Å². The number of halogens is 1. The van der Waals surface area contributed by atoms with Crippen molar-refractivity contribution in [2.45, 2.75) is 19.1 Å². The van der Waals surface area contributed by atoms with Gasteiger partial charge in [0, 0.05) is 0 Å². The van der Waals surface area contributed by atoms with Crippen molar-refractivity contribution in [1.29, 1.82) is 0 Å². The van der Waals surface area contributed by atoms with E-state index in [-0.39, 0.29) is 18.7 Å². The molecule has 1 aliphatic rings. The van der Waals surface area contributed by atoms with Crippen LogP contribution < -0.4 is 5.73 Å². The van der Waals surface area contributed by atoms with Crippen molar-refractivity contribution in [3.63, 3.8) is 0 Å². The van der Waals surface area contributed by atoms with E-state index in [1.807, 2.05) is 0 Å². The lowest BCUT2D eigenvalue weighted by Crippen LogP contribution is -2.34. The topological polar surface area (TPSA) is 47.6 Å². The van der Waals surface area contributed by atoms with Crippen molar-refractivity contribution in [2.75, 3.05) is 6.61 Å². The first-order chi connectivity index (χ1) is 4.20. The Kier molecular flexibility index (Phi) is 1.55. The molecule has 0 aromatic rings. The first kappa shape index (κ1) is 6.32. The second kappa shape index (κ2) is 2.21. The van der Waals surface area contributed by atoms with Crippen LogP contribution in [0.15, 0.2) is 4.99 Å². The fraction of sp³-hybridized carbons (Fsp3) is 0.800. The summed E-state index contributed by atoms with van der Waals surface area (Å²) < 4.78 is 17.1. The van der Waals surface area contributed by atoms with Gasteiger partial charge < -0.3 is 10.5 Å². The highest BCUT2D eigenvalue weighted by atomic mass is 19.1. The molecule has 9 heavy (non-hydrogen) atoms. The molecule has 4 heteroatoms. The van der Waals surface area contributed by atoms with Gasteiger partial charge in [0.2, 0.25) is 0 Å². The molecule has 0 saturated carbocycles. The zero-order valence-electron chi connectivity index (χ0n) is 5.17. The van der Waals surface area contributed by atoms with Gasteiger partial charge in [-0.2, -0.15) is 0 Å². The molecule has 0 aromatic heterocycles. The molecular weight excluding hydrogens is 123 g/mol. The van der Waals surface area contributed by atoms with Gasteiger partial charge in [-0.05, 0) is 6.92 Å². The largest absolute Gasteiger partial charge is 0.462 e. The van der Waals surface area contributed by atoms with Gasteiger partial charge in [-0.15, -0.1) is 0 Å². The third-order valence-corrected chi connectivity index (χ3v) is 1.24. The highest BCUT2D eigenvalue weighted by Crippen LogP contribution is 2.08. The molecule has 0 aliphatic carbocycles. The lowest BCUT2D eigenvalue weighted by molar-refractivity contribution is 0.145. The standard InChI is InChI=1S/C5H9FN2O/c1-3-4(6)2-9-5(7)8-3/h3-4H,2H2,1H3,(H2,7,8)/t3-,4-/m1/s1. The van der Waals surface area contributed by atoms with E-state index < -0.39 is 6.17 Å². The molecule has 52 valence electrons. The van der Waals surface area contributed by atoms with Crippen LogP contribution in [0.5, 0.6) is 0 Å². The van der Waals surface area contributed by atoms with E-state index in [0.717, 1.165) is 0 Å². The summed E-state index contributed by atoms with van der Waals surface area (Å²) >= 11 is 0. The van der Waals surface area contributed by atoms with Gasteiger partial charge in [0.25, 0.3) is 6.02 Å². The summed E-state index contributed by atoms with van der Waals surface area (Å²) in [5.74, 6) is 0. The third kappa shape index (κ3) is 1.31. The molecule has 2 atom stereocenters. The van der Waals surface area contributed by atoms with Crippen LogP contribution in [-0.4, -0.2) is 24.8 Å². The Morgan fingerprint density at radius 2 is 2.56 bits per heavy atom. The Labute approximate surface area is 52.7 Å². The summed E-state index contributed by atoms with van der Waals surface area (Å²) in [4.78, 5) is 3.66. The number of alkyl halides is 1. The minimum Gasteiger partial charge on any atom is -0.462 e. The maximum absolute atomic E-state index is 12.5. The summed E-state index contributed by atoms with van der Waals surface area (Å²) in [6.07, 6.45) is -1.00. The molecule has 0 fully saturated rings. The fourth-order valence-electron chi connectivity index (χ4n) is 0.623. The molecule has 0 unspecified atom stereocenters. The fourth-order valence-corrected chi connectivity index (χ4v) is 0.623. The molecule has 2 N–H and O–H groups in total. The Balaban J connectivity index is 2.58. The molecule has 0 saturated heterocycles. The lowest BCUT2D eigenvalue weighted by Gasteiger charge is -2.18. The summed E-state index contributed by atoms with van der Waals surface area (Å²) in [5.41, 5.74) is 5.15. The van der Waals surface area contributed by atoms with Crippen LogP contribution in [0.3, 0.4) is 0 Å². The van der Waals surface area contributed by atoms with E-state index in [1.165, 1.54) is 0 Å². The minimum absolute atomic E-state index is 0.0382. The predicted octanol–water partition coefficient (Wildman–Crippen LogP) is 0.0579. The molecule has 1 aliphatic heterocycles. The summed E-state index contributed by atoms with van der Waals surface area (Å²) in [7, 11) is 0. The van der Waals surface area contributed by atoms with E-state index in [2.05, 4.69) is 9.73 Å². The maximum Gasteiger partial charge on any atom is 0.282 e. The summed E-state index contributed by atoms with van der Waals surface area (Å²) in [6.45, 7) is 1.70. The first-order valence-corrected chi connectivity index (χ1v) is 2.80. The second-order valence-corrected chi connectivity index (χ2v) is 2.03. The van der Waals surface area contributed by atoms with Gasteiger partial charge in [0.05, 0.1) is 6.04 Å². The third-order valence-electron chi connectivity index (χ3n) is 1.24. The van der Waals surface area contributed by atoms with Crippen molar-refractivity contribution >= 4 is 6.02 Å². The maximum atomic E-state index is 12.5. The minimum atomic E-state index is -1.00. The molecule has 0 bridgehead atoms. The van der Waals surface area contributed by atoms with Gasteiger partial charge in [-0.25, -0.2) is 9.38 Å². The molecular formula is C5H9FN2O. The number of hydrogen-bond donors (Lipinski definition) is 1. The van der Waals surface area contributed by atoms with Gasteiger partial charge >= 0.3 is 0 Å². The smallest absolute Gasteiger partial charge is 0.282 e. The van der Waals surface area contributed by atoms with Crippen LogP contribution in [0.2, 0.25) is 0 Å². The first-order valence-electron chi connectivity index (χ1n) is 2.80. The normalized spacial score (nSPS) is 35.1. The number of nitrogens with zero attached hydrogens (tertiary/aromatic N) is 1. The Morgan fingerprint density at radius 1 is 1.89 bits per heavy atom. The lowest BCUT2D eigenvalue weighted by atomic mass is 10.2. The molecule has 0 aromatic carbocycles. The van der Waals surface area contributed by atoms with Crippen molar-refractivity contribution in [3.8, 4) is 0 Å². The van der Waals surface area contributed by atoms with E-state index >= 15 is 0 Å². The van der Waals surface area contributed by atoms with Crippen LogP contribution in [0.4, 0.5) is 4.39 Å². The average Bonchev–Trinajstić information content (AvgIpc) is 1.80. The highest BCUT2D eigenvalue weighted by Gasteiger charge is 2.21. The number of rotatable bonds is 0. The summed E-state index contributed by atoms with van der Waals surface area (Å²) in [5, 5.41) is 0.